The third kappa shape index (κ3) is 2.85. The molecule has 0 saturated carbocycles. The molecule has 0 heterocycles. The maximum absolute atomic E-state index is 12.7. The minimum absolute atomic E-state index is 0.149. The number of thiocarbonyl (C=S) groups is 1. The Morgan fingerprint density at radius 1 is 1.44 bits per heavy atom. The van der Waals surface area contributed by atoms with Crippen LogP contribution < -0.4 is 11.1 Å². The summed E-state index contributed by atoms with van der Waals surface area (Å²) in [6.07, 6.45) is -4.45. The highest BCUT2D eigenvalue weighted by Gasteiger charge is 2.34. The fraction of sp³-hybridized carbons (Fsp3) is 0.300. The van der Waals surface area contributed by atoms with Gasteiger partial charge in [0.15, 0.2) is 0 Å². The summed E-state index contributed by atoms with van der Waals surface area (Å²) in [5.74, 6) is 0. The second-order valence-electron chi connectivity index (χ2n) is 3.15. The van der Waals surface area contributed by atoms with Gasteiger partial charge in [0.25, 0.3) is 0 Å². The lowest BCUT2D eigenvalue weighted by molar-refractivity contribution is -0.137. The van der Waals surface area contributed by atoms with Gasteiger partial charge < -0.3 is 11.1 Å². The highest BCUT2D eigenvalue weighted by molar-refractivity contribution is 7.80. The average molecular weight is 248 g/mol. The summed E-state index contributed by atoms with van der Waals surface area (Å²) in [7, 11) is 0. The first-order valence-electron chi connectivity index (χ1n) is 4.61. The Labute approximate surface area is 96.6 Å². The molecule has 0 radical (unpaired) electrons. The zero-order chi connectivity index (χ0) is 12.3. The molecule has 3 N–H and O–H groups in total. The van der Waals surface area contributed by atoms with Gasteiger partial charge in [-0.15, -0.1) is 0 Å². The third-order valence-electron chi connectivity index (χ3n) is 1.97. The predicted octanol–water partition coefficient (Wildman–Crippen LogP) is 2.77. The average Bonchev–Trinajstić information content (AvgIpc) is 2.16. The Bertz CT molecular complexity index is 402. The number of halogens is 3. The Balaban J connectivity index is 3.27. The van der Waals surface area contributed by atoms with Gasteiger partial charge >= 0.3 is 6.18 Å². The van der Waals surface area contributed by atoms with Crippen molar-refractivity contribution in [3.05, 3.63) is 29.3 Å². The largest absolute Gasteiger partial charge is 0.417 e. The molecule has 0 aliphatic rings. The van der Waals surface area contributed by atoms with Crippen LogP contribution >= 0.6 is 12.2 Å². The van der Waals surface area contributed by atoms with Gasteiger partial charge in [-0.2, -0.15) is 13.2 Å². The number of anilines is 1. The van der Waals surface area contributed by atoms with Crippen molar-refractivity contribution >= 4 is 22.9 Å². The highest BCUT2D eigenvalue weighted by Crippen LogP contribution is 2.33. The molecule has 0 spiro atoms. The summed E-state index contributed by atoms with van der Waals surface area (Å²) < 4.78 is 38.1. The van der Waals surface area contributed by atoms with E-state index in [4.69, 9.17) is 5.73 Å². The summed E-state index contributed by atoms with van der Waals surface area (Å²) >= 11 is 4.58. The van der Waals surface area contributed by atoms with Crippen molar-refractivity contribution in [2.75, 3.05) is 11.9 Å². The molecule has 0 amide bonds. The van der Waals surface area contributed by atoms with Crippen molar-refractivity contribution in [2.24, 2.45) is 5.73 Å². The molecule has 0 atom stereocenters. The Morgan fingerprint density at radius 3 is 2.50 bits per heavy atom. The van der Waals surface area contributed by atoms with E-state index in [-0.39, 0.29) is 10.6 Å². The molecule has 0 unspecified atom stereocenters. The maximum atomic E-state index is 12.7. The quantitative estimate of drug-likeness (QED) is 0.808. The van der Waals surface area contributed by atoms with Crippen molar-refractivity contribution in [2.45, 2.75) is 13.1 Å². The maximum Gasteiger partial charge on any atom is 0.417 e. The summed E-state index contributed by atoms with van der Waals surface area (Å²) in [5.41, 5.74) is 4.69. The second kappa shape index (κ2) is 4.69. The third-order valence-corrected chi connectivity index (χ3v) is 2.19. The zero-order valence-corrected chi connectivity index (χ0v) is 9.38. The van der Waals surface area contributed by atoms with Gasteiger partial charge in [-0.1, -0.05) is 12.2 Å². The normalized spacial score (nSPS) is 11.2. The van der Waals surface area contributed by atoms with Gasteiger partial charge in [0.05, 0.1) is 5.56 Å². The number of nitrogens with one attached hydrogen (secondary N) is 1. The molecule has 2 nitrogen and oxygen atoms in total. The van der Waals surface area contributed by atoms with E-state index in [0.717, 1.165) is 6.07 Å². The SMILES string of the molecule is CCNc1ccc(C(N)=S)c(C(F)(F)F)c1. The molecule has 0 fully saturated rings. The Hall–Kier alpha value is -1.30. The van der Waals surface area contributed by atoms with Crippen LogP contribution in [-0.4, -0.2) is 11.5 Å². The van der Waals surface area contributed by atoms with Crippen LogP contribution in [0, 0.1) is 0 Å². The predicted molar refractivity (Wildman–Crippen MR) is 61.5 cm³/mol. The van der Waals surface area contributed by atoms with E-state index >= 15 is 0 Å². The smallest absolute Gasteiger partial charge is 0.389 e. The summed E-state index contributed by atoms with van der Waals surface area (Å²) in [6, 6.07) is 3.81. The Kier molecular flexibility index (Phi) is 3.74. The van der Waals surface area contributed by atoms with Gasteiger partial charge in [-0.3, -0.25) is 0 Å². The van der Waals surface area contributed by atoms with Gasteiger partial charge in [0.1, 0.15) is 4.99 Å². The molecule has 1 rings (SSSR count). The molecule has 16 heavy (non-hydrogen) atoms. The lowest BCUT2D eigenvalue weighted by Crippen LogP contribution is -2.18. The van der Waals surface area contributed by atoms with Crippen molar-refractivity contribution in [1.29, 1.82) is 0 Å². The van der Waals surface area contributed by atoms with E-state index in [1.54, 1.807) is 6.92 Å². The van der Waals surface area contributed by atoms with E-state index in [1.165, 1.54) is 12.1 Å². The zero-order valence-electron chi connectivity index (χ0n) is 8.56. The van der Waals surface area contributed by atoms with Crippen LogP contribution in [0.15, 0.2) is 18.2 Å². The highest BCUT2D eigenvalue weighted by atomic mass is 32.1. The minimum atomic E-state index is -4.45. The van der Waals surface area contributed by atoms with E-state index in [1.807, 2.05) is 0 Å². The fourth-order valence-electron chi connectivity index (χ4n) is 1.31. The number of alkyl halides is 3. The lowest BCUT2D eigenvalue weighted by atomic mass is 10.1. The van der Waals surface area contributed by atoms with Crippen LogP contribution in [-0.2, 0) is 6.18 Å². The van der Waals surface area contributed by atoms with Gasteiger partial charge in [0.2, 0.25) is 0 Å². The van der Waals surface area contributed by atoms with Crippen LogP contribution in [0.3, 0.4) is 0 Å². The van der Waals surface area contributed by atoms with Crippen LogP contribution in [0.5, 0.6) is 0 Å². The summed E-state index contributed by atoms with van der Waals surface area (Å²) in [5, 5.41) is 2.80. The molecule has 0 saturated heterocycles. The number of hydrogen-bond donors (Lipinski definition) is 2. The van der Waals surface area contributed by atoms with E-state index < -0.39 is 11.7 Å². The van der Waals surface area contributed by atoms with Crippen molar-refractivity contribution in [3.63, 3.8) is 0 Å². The van der Waals surface area contributed by atoms with Crippen LogP contribution in [0.25, 0.3) is 0 Å². The number of hydrogen-bond acceptors (Lipinski definition) is 2. The van der Waals surface area contributed by atoms with Gasteiger partial charge in [-0.05, 0) is 25.1 Å². The topological polar surface area (TPSA) is 38.0 Å². The Morgan fingerprint density at radius 2 is 2.06 bits per heavy atom. The molecule has 1 aromatic carbocycles. The molecule has 0 aromatic heterocycles. The molecule has 88 valence electrons. The number of benzene rings is 1. The van der Waals surface area contributed by atoms with Crippen molar-refractivity contribution in [3.8, 4) is 0 Å². The van der Waals surface area contributed by atoms with Gasteiger partial charge in [0, 0.05) is 17.8 Å². The van der Waals surface area contributed by atoms with Crippen molar-refractivity contribution in [1.82, 2.24) is 0 Å². The first-order valence-corrected chi connectivity index (χ1v) is 5.02. The van der Waals surface area contributed by atoms with Crippen LogP contribution in [0.2, 0.25) is 0 Å². The first-order chi connectivity index (χ1) is 7.36. The standard InChI is InChI=1S/C10H11F3N2S/c1-2-15-6-3-4-7(9(14)16)8(5-6)10(11,12)13/h3-5,15H,2H2,1H3,(H2,14,16). The number of rotatable bonds is 3. The van der Waals surface area contributed by atoms with E-state index in [9.17, 15) is 13.2 Å². The fourth-order valence-corrected chi connectivity index (χ4v) is 1.49. The van der Waals surface area contributed by atoms with Gasteiger partial charge in [-0.25, -0.2) is 0 Å². The molecule has 6 heteroatoms. The lowest BCUT2D eigenvalue weighted by Gasteiger charge is -2.14. The minimum Gasteiger partial charge on any atom is -0.389 e. The monoisotopic (exact) mass is 248 g/mol. The summed E-state index contributed by atoms with van der Waals surface area (Å²) in [6.45, 7) is 2.35. The first kappa shape index (κ1) is 12.8. The molecular formula is C10H11F3N2S. The molecule has 0 bridgehead atoms. The molecule has 0 aliphatic carbocycles. The molecule has 1 aromatic rings. The van der Waals surface area contributed by atoms with Crippen molar-refractivity contribution < 1.29 is 13.2 Å². The van der Waals surface area contributed by atoms with E-state index in [0.29, 0.717) is 12.2 Å². The molecular weight excluding hydrogens is 237 g/mol. The molecule has 0 aliphatic heterocycles. The summed E-state index contributed by atoms with van der Waals surface area (Å²) in [4.78, 5) is -0.254. The van der Waals surface area contributed by atoms with E-state index in [2.05, 4.69) is 17.5 Å². The number of nitrogens with two attached hydrogens (primary N) is 1. The second-order valence-corrected chi connectivity index (χ2v) is 3.59. The van der Waals surface area contributed by atoms with Crippen LogP contribution in [0.1, 0.15) is 18.1 Å². The van der Waals surface area contributed by atoms with Crippen LogP contribution in [0.4, 0.5) is 18.9 Å².